The van der Waals surface area contributed by atoms with Crippen LogP contribution in [0.5, 0.6) is 0 Å². The number of anilines is 6. The number of nitrogens with zero attached hydrogens (tertiary/aromatic N) is 2. The van der Waals surface area contributed by atoms with Gasteiger partial charge in [-0.25, -0.2) is 0 Å². The number of benzene rings is 7. The second-order valence-electron chi connectivity index (χ2n) is 20.7. The van der Waals surface area contributed by atoms with Gasteiger partial charge in [-0.2, -0.15) is 0 Å². The molecule has 2 aliphatic heterocycles. The molecule has 0 fully saturated rings. The smallest absolute Gasteiger partial charge is 0.252 e. The van der Waals surface area contributed by atoms with Gasteiger partial charge in [-0.1, -0.05) is 158 Å². The van der Waals surface area contributed by atoms with Gasteiger partial charge in [0.25, 0.3) is 6.71 Å². The molecule has 0 aromatic heterocycles. The SMILES string of the molecule is Cc1ccc(-c2cc(-c3ccc(C)cc3)cc(N3c4ccc(C(C)(C)C)cc4B4c5cc(C(C)(C)C)ccc5N(c5ccc(C(C)(C)C)cc5)c5cc(C)cc3c54)c2)cc1. The summed E-state index contributed by atoms with van der Waals surface area (Å²) in [7, 11) is 0. The van der Waals surface area contributed by atoms with Crippen LogP contribution < -0.4 is 26.2 Å². The van der Waals surface area contributed by atoms with Gasteiger partial charge in [-0.05, 0) is 153 Å². The molecule has 0 bridgehead atoms. The quantitative estimate of drug-likeness (QED) is 0.164. The normalized spacial score (nSPS) is 13.6. The van der Waals surface area contributed by atoms with Crippen LogP contribution in [0.2, 0.25) is 0 Å². The average Bonchev–Trinajstić information content (AvgIpc) is 3.19. The van der Waals surface area contributed by atoms with E-state index in [1.54, 1.807) is 0 Å². The van der Waals surface area contributed by atoms with Crippen molar-refractivity contribution in [3.8, 4) is 22.3 Å². The highest BCUT2D eigenvalue weighted by Gasteiger charge is 2.44. The Morgan fingerprint density at radius 2 is 0.733 bits per heavy atom. The predicted octanol–water partition coefficient (Wildman–Crippen LogP) is 13.9. The zero-order chi connectivity index (χ0) is 42.5. The summed E-state index contributed by atoms with van der Waals surface area (Å²) in [5.41, 5.74) is 24.1. The lowest BCUT2D eigenvalue weighted by atomic mass is 9.33. The van der Waals surface area contributed by atoms with Crippen LogP contribution >= 0.6 is 0 Å². The zero-order valence-corrected chi connectivity index (χ0v) is 37.8. The van der Waals surface area contributed by atoms with Crippen molar-refractivity contribution in [3.63, 3.8) is 0 Å². The van der Waals surface area contributed by atoms with Gasteiger partial charge in [0.2, 0.25) is 0 Å². The molecule has 0 saturated carbocycles. The lowest BCUT2D eigenvalue weighted by Gasteiger charge is -2.45. The van der Waals surface area contributed by atoms with Gasteiger partial charge in [0.1, 0.15) is 0 Å². The van der Waals surface area contributed by atoms with E-state index >= 15 is 0 Å². The Morgan fingerprint density at radius 1 is 0.333 bits per heavy atom. The molecule has 0 amide bonds. The summed E-state index contributed by atoms with van der Waals surface area (Å²) in [6, 6.07) is 54.0. The fourth-order valence-corrected chi connectivity index (χ4v) is 9.31. The maximum absolute atomic E-state index is 2.58. The highest BCUT2D eigenvalue weighted by atomic mass is 15.2. The van der Waals surface area contributed by atoms with Crippen LogP contribution in [0.15, 0.2) is 140 Å². The van der Waals surface area contributed by atoms with E-state index in [1.807, 2.05) is 0 Å². The van der Waals surface area contributed by atoms with Crippen LogP contribution in [-0.4, -0.2) is 6.71 Å². The first-order valence-electron chi connectivity index (χ1n) is 21.8. The summed E-state index contributed by atoms with van der Waals surface area (Å²) in [4.78, 5) is 5.13. The van der Waals surface area contributed by atoms with E-state index < -0.39 is 0 Å². The molecule has 7 aromatic rings. The Hall–Kier alpha value is -5.80. The first-order valence-corrected chi connectivity index (χ1v) is 21.8. The molecule has 0 saturated heterocycles. The van der Waals surface area contributed by atoms with Crippen LogP contribution in [0, 0.1) is 20.8 Å². The summed E-state index contributed by atoms with van der Waals surface area (Å²) in [5.74, 6) is 0. The molecule has 60 heavy (non-hydrogen) atoms. The molecule has 300 valence electrons. The Kier molecular flexibility index (Phi) is 9.36. The molecule has 0 N–H and O–H groups in total. The number of rotatable bonds is 4. The van der Waals surface area contributed by atoms with Gasteiger partial charge in [-0.15, -0.1) is 0 Å². The van der Waals surface area contributed by atoms with Crippen molar-refractivity contribution in [2.45, 2.75) is 99.3 Å². The van der Waals surface area contributed by atoms with E-state index in [9.17, 15) is 0 Å². The van der Waals surface area contributed by atoms with Crippen LogP contribution in [0.25, 0.3) is 22.3 Å². The van der Waals surface area contributed by atoms with Gasteiger partial charge in [0, 0.05) is 34.1 Å². The average molecular weight is 783 g/mol. The lowest BCUT2D eigenvalue weighted by Crippen LogP contribution is -2.61. The Balaban J connectivity index is 1.37. The van der Waals surface area contributed by atoms with Crippen molar-refractivity contribution in [2.24, 2.45) is 0 Å². The summed E-state index contributed by atoms with van der Waals surface area (Å²) < 4.78 is 0. The van der Waals surface area contributed by atoms with Gasteiger partial charge < -0.3 is 9.80 Å². The highest BCUT2D eigenvalue weighted by Crippen LogP contribution is 2.47. The highest BCUT2D eigenvalue weighted by molar-refractivity contribution is 7.00. The number of hydrogen-bond donors (Lipinski definition) is 0. The fraction of sp³-hybridized carbons (Fsp3) is 0.263. The van der Waals surface area contributed by atoms with Crippen LogP contribution in [0.4, 0.5) is 34.1 Å². The molecular weight excluding hydrogens is 723 g/mol. The minimum absolute atomic E-state index is 0.00973. The van der Waals surface area contributed by atoms with Crippen LogP contribution in [0.3, 0.4) is 0 Å². The van der Waals surface area contributed by atoms with Crippen molar-refractivity contribution < 1.29 is 0 Å². The van der Waals surface area contributed by atoms with E-state index in [2.05, 4.69) is 232 Å². The topological polar surface area (TPSA) is 6.48 Å². The van der Waals surface area contributed by atoms with Crippen molar-refractivity contribution in [1.82, 2.24) is 0 Å². The molecule has 0 spiro atoms. The second kappa shape index (κ2) is 14.2. The van der Waals surface area contributed by atoms with Crippen LogP contribution in [-0.2, 0) is 16.2 Å². The number of aryl methyl sites for hydroxylation is 3. The molecule has 9 rings (SSSR count). The Morgan fingerprint density at radius 3 is 1.15 bits per heavy atom. The maximum atomic E-state index is 2.58. The largest absolute Gasteiger partial charge is 0.311 e. The minimum atomic E-state index is -0.0220. The molecule has 2 aliphatic rings. The van der Waals surface area contributed by atoms with E-state index in [4.69, 9.17) is 0 Å². The fourth-order valence-electron chi connectivity index (χ4n) is 9.31. The maximum Gasteiger partial charge on any atom is 0.252 e. The number of fused-ring (bicyclic) bond motifs is 4. The molecule has 2 heterocycles. The second-order valence-corrected chi connectivity index (χ2v) is 20.7. The zero-order valence-electron chi connectivity index (χ0n) is 37.8. The predicted molar refractivity (Wildman–Crippen MR) is 262 cm³/mol. The van der Waals surface area contributed by atoms with E-state index in [0.717, 1.165) is 5.69 Å². The summed E-state index contributed by atoms with van der Waals surface area (Å²) in [6.45, 7) is 27.6. The standard InChI is InChI=1S/C57H59BN2/c1-36-13-17-39(18-14-36)41-31-42(40-19-15-37(2)16-20-40)33-47(32-41)60-51-28-24-45(57(10,11)12)35-49(51)58-48-34-44(56(7,8)9)23-27-50(48)59(52-29-38(3)30-53(60)54(52)58)46-25-21-43(22-26-46)55(4,5)6/h13-35H,1-12H3. The third kappa shape index (κ3) is 6.96. The first kappa shape index (κ1) is 39.7. The van der Waals surface area contributed by atoms with Crippen molar-refractivity contribution in [1.29, 1.82) is 0 Å². The van der Waals surface area contributed by atoms with Crippen molar-refractivity contribution in [2.75, 3.05) is 9.80 Å². The third-order valence-electron chi connectivity index (χ3n) is 12.9. The van der Waals surface area contributed by atoms with E-state index in [-0.39, 0.29) is 23.0 Å². The minimum Gasteiger partial charge on any atom is -0.311 e. The molecule has 2 nitrogen and oxygen atoms in total. The molecule has 0 unspecified atom stereocenters. The number of hydrogen-bond acceptors (Lipinski definition) is 2. The Labute approximate surface area is 360 Å². The van der Waals surface area contributed by atoms with E-state index in [1.165, 1.54) is 100 Å². The summed E-state index contributed by atoms with van der Waals surface area (Å²) in [6.07, 6.45) is 0. The van der Waals surface area contributed by atoms with Gasteiger partial charge >= 0.3 is 0 Å². The van der Waals surface area contributed by atoms with Gasteiger partial charge in [-0.3, -0.25) is 0 Å². The summed E-state index contributed by atoms with van der Waals surface area (Å²) >= 11 is 0. The molecule has 0 aliphatic carbocycles. The molecule has 3 heteroatoms. The molecule has 7 aromatic carbocycles. The van der Waals surface area contributed by atoms with Gasteiger partial charge in [0.15, 0.2) is 0 Å². The van der Waals surface area contributed by atoms with Crippen molar-refractivity contribution >= 4 is 57.2 Å². The van der Waals surface area contributed by atoms with Crippen molar-refractivity contribution in [3.05, 3.63) is 173 Å². The molecule has 0 atom stereocenters. The van der Waals surface area contributed by atoms with Gasteiger partial charge in [0.05, 0.1) is 0 Å². The lowest BCUT2D eigenvalue weighted by molar-refractivity contribution is 0.590. The third-order valence-corrected chi connectivity index (χ3v) is 12.9. The molecular formula is C57H59BN2. The van der Waals surface area contributed by atoms with E-state index in [0.29, 0.717) is 0 Å². The summed E-state index contributed by atoms with van der Waals surface area (Å²) in [5, 5.41) is 0. The monoisotopic (exact) mass is 782 g/mol. The Bertz CT molecular complexity index is 2710. The first-order chi connectivity index (χ1) is 28.3. The molecule has 0 radical (unpaired) electrons. The van der Waals surface area contributed by atoms with Crippen LogP contribution in [0.1, 0.15) is 95.7 Å².